The predicted molar refractivity (Wildman–Crippen MR) is 108 cm³/mol. The number of aromatic nitrogens is 1. The Balaban J connectivity index is 1.72. The Morgan fingerprint density at radius 1 is 1.15 bits per heavy atom. The summed E-state index contributed by atoms with van der Waals surface area (Å²) in [5.74, 6) is 0.484. The number of carbonyl (C=O) groups excluding carboxylic acids is 1. The number of thiazole rings is 1. The van der Waals surface area contributed by atoms with E-state index in [0.717, 1.165) is 17.0 Å². The molecule has 0 aliphatic heterocycles. The minimum atomic E-state index is -0.326. The van der Waals surface area contributed by atoms with Gasteiger partial charge in [0.1, 0.15) is 5.75 Å². The van der Waals surface area contributed by atoms with Gasteiger partial charge < -0.3 is 4.74 Å². The van der Waals surface area contributed by atoms with E-state index in [-0.39, 0.29) is 12.0 Å². The number of hydrogen-bond donors (Lipinski definition) is 1. The highest BCUT2D eigenvalue weighted by molar-refractivity contribution is 7.14. The molecule has 1 N–H and O–H groups in total. The molecule has 0 radical (unpaired) electrons. The third kappa shape index (κ3) is 4.55. The summed E-state index contributed by atoms with van der Waals surface area (Å²) in [5, 5.41) is 5.93. The molecule has 134 valence electrons. The zero-order chi connectivity index (χ0) is 18.7. The summed E-state index contributed by atoms with van der Waals surface area (Å²) in [6.07, 6.45) is 0.127. The van der Waals surface area contributed by atoms with E-state index in [1.165, 1.54) is 17.4 Å². The van der Waals surface area contributed by atoms with E-state index in [4.69, 9.17) is 27.9 Å². The van der Waals surface area contributed by atoms with Gasteiger partial charge in [-0.05, 0) is 56.3 Å². The van der Waals surface area contributed by atoms with Crippen LogP contribution in [0, 0.1) is 0 Å². The van der Waals surface area contributed by atoms with Gasteiger partial charge in [-0.3, -0.25) is 10.1 Å². The van der Waals surface area contributed by atoms with Crippen molar-refractivity contribution in [1.29, 1.82) is 0 Å². The topological polar surface area (TPSA) is 51.2 Å². The molecule has 3 aromatic rings. The Hall–Kier alpha value is -2.08. The average molecular weight is 407 g/mol. The summed E-state index contributed by atoms with van der Waals surface area (Å²) in [5.41, 5.74) is 2.08. The molecule has 0 unspecified atom stereocenters. The number of benzene rings is 2. The van der Waals surface area contributed by atoms with Crippen LogP contribution in [0.4, 0.5) is 5.13 Å². The molecular weight excluding hydrogens is 391 g/mol. The van der Waals surface area contributed by atoms with Crippen molar-refractivity contribution in [2.45, 2.75) is 20.0 Å². The molecule has 1 amide bonds. The molecule has 3 rings (SSSR count). The van der Waals surface area contributed by atoms with Crippen molar-refractivity contribution in [2.75, 3.05) is 5.32 Å². The minimum Gasteiger partial charge on any atom is -0.491 e. The largest absolute Gasteiger partial charge is 0.491 e. The molecule has 0 fully saturated rings. The normalized spacial score (nSPS) is 10.8. The van der Waals surface area contributed by atoms with Crippen molar-refractivity contribution in [3.8, 4) is 17.0 Å². The summed E-state index contributed by atoms with van der Waals surface area (Å²) in [7, 11) is 0. The molecule has 0 spiro atoms. The number of hydrogen-bond acceptors (Lipinski definition) is 4. The standard InChI is InChI=1S/C19H16Cl2N2O2S/c1-11(2)25-14-6-3-12(4-7-14)17-10-26-19(22-17)23-18(24)15-8-5-13(20)9-16(15)21/h3-11H,1-2H3,(H,22,23,24). The number of halogens is 2. The molecule has 1 heterocycles. The van der Waals surface area contributed by atoms with Crippen LogP contribution in [-0.4, -0.2) is 17.0 Å². The molecule has 7 heteroatoms. The van der Waals surface area contributed by atoms with Gasteiger partial charge in [0.2, 0.25) is 0 Å². The van der Waals surface area contributed by atoms with Gasteiger partial charge >= 0.3 is 0 Å². The van der Waals surface area contributed by atoms with Gasteiger partial charge in [0, 0.05) is 16.0 Å². The van der Waals surface area contributed by atoms with E-state index < -0.39 is 0 Å². The average Bonchev–Trinajstić information content (AvgIpc) is 3.03. The minimum absolute atomic E-state index is 0.127. The van der Waals surface area contributed by atoms with Crippen LogP contribution in [0.5, 0.6) is 5.75 Å². The fourth-order valence-electron chi connectivity index (χ4n) is 2.28. The first-order chi connectivity index (χ1) is 12.4. The molecule has 4 nitrogen and oxygen atoms in total. The second-order valence-electron chi connectivity index (χ2n) is 5.81. The van der Waals surface area contributed by atoms with Crippen molar-refractivity contribution in [1.82, 2.24) is 4.98 Å². The lowest BCUT2D eigenvalue weighted by Crippen LogP contribution is -2.12. The molecular formula is C19H16Cl2N2O2S. The molecule has 0 bridgehead atoms. The van der Waals surface area contributed by atoms with Crippen LogP contribution in [0.1, 0.15) is 24.2 Å². The van der Waals surface area contributed by atoms with Crippen LogP contribution in [-0.2, 0) is 0 Å². The molecule has 0 atom stereocenters. The lowest BCUT2D eigenvalue weighted by Gasteiger charge is -2.09. The van der Waals surface area contributed by atoms with E-state index in [2.05, 4.69) is 10.3 Å². The Morgan fingerprint density at radius 2 is 1.88 bits per heavy atom. The van der Waals surface area contributed by atoms with Gasteiger partial charge in [-0.1, -0.05) is 23.2 Å². The zero-order valence-corrected chi connectivity index (χ0v) is 16.5. The van der Waals surface area contributed by atoms with Gasteiger partial charge in [0.15, 0.2) is 5.13 Å². The maximum absolute atomic E-state index is 12.4. The maximum Gasteiger partial charge on any atom is 0.258 e. The van der Waals surface area contributed by atoms with Gasteiger partial charge in [0.25, 0.3) is 5.91 Å². The molecule has 0 saturated carbocycles. The molecule has 2 aromatic carbocycles. The second-order valence-corrected chi connectivity index (χ2v) is 7.51. The van der Waals surface area contributed by atoms with Gasteiger partial charge in [0.05, 0.1) is 22.4 Å². The van der Waals surface area contributed by atoms with Gasteiger partial charge in [-0.15, -0.1) is 11.3 Å². The smallest absolute Gasteiger partial charge is 0.258 e. The molecule has 1 aromatic heterocycles. The van der Waals surface area contributed by atoms with Crippen molar-refractivity contribution in [3.05, 3.63) is 63.5 Å². The lowest BCUT2D eigenvalue weighted by molar-refractivity contribution is 0.102. The Labute approximate surface area is 165 Å². The number of ether oxygens (including phenoxy) is 1. The first kappa shape index (κ1) is 18.7. The Morgan fingerprint density at radius 3 is 2.54 bits per heavy atom. The van der Waals surface area contributed by atoms with Crippen LogP contribution in [0.2, 0.25) is 10.0 Å². The van der Waals surface area contributed by atoms with Crippen molar-refractivity contribution < 1.29 is 9.53 Å². The van der Waals surface area contributed by atoms with Crippen LogP contribution in [0.3, 0.4) is 0 Å². The van der Waals surface area contributed by atoms with E-state index in [1.54, 1.807) is 12.1 Å². The summed E-state index contributed by atoms with van der Waals surface area (Å²) in [6.45, 7) is 3.96. The number of rotatable bonds is 5. The SMILES string of the molecule is CC(C)Oc1ccc(-c2csc(NC(=O)c3ccc(Cl)cc3Cl)n2)cc1. The van der Waals surface area contributed by atoms with Crippen molar-refractivity contribution in [3.63, 3.8) is 0 Å². The van der Waals surface area contributed by atoms with E-state index in [1.807, 2.05) is 43.5 Å². The first-order valence-electron chi connectivity index (χ1n) is 7.91. The van der Waals surface area contributed by atoms with Crippen LogP contribution >= 0.6 is 34.5 Å². The number of carbonyl (C=O) groups is 1. The predicted octanol–water partition coefficient (Wildman–Crippen LogP) is 6.16. The van der Waals surface area contributed by atoms with Gasteiger partial charge in [-0.25, -0.2) is 4.98 Å². The first-order valence-corrected chi connectivity index (χ1v) is 9.55. The van der Waals surface area contributed by atoms with Crippen LogP contribution in [0.15, 0.2) is 47.8 Å². The monoisotopic (exact) mass is 406 g/mol. The van der Waals surface area contributed by atoms with Gasteiger partial charge in [-0.2, -0.15) is 0 Å². The maximum atomic E-state index is 12.4. The molecule has 26 heavy (non-hydrogen) atoms. The van der Waals surface area contributed by atoms with Crippen LogP contribution < -0.4 is 10.1 Å². The molecule has 0 aliphatic carbocycles. The third-order valence-electron chi connectivity index (χ3n) is 3.42. The van der Waals surface area contributed by atoms with E-state index in [9.17, 15) is 4.79 Å². The number of nitrogens with zero attached hydrogens (tertiary/aromatic N) is 1. The highest BCUT2D eigenvalue weighted by Crippen LogP contribution is 2.28. The zero-order valence-electron chi connectivity index (χ0n) is 14.1. The highest BCUT2D eigenvalue weighted by atomic mass is 35.5. The molecule has 0 saturated heterocycles. The number of amides is 1. The summed E-state index contributed by atoms with van der Waals surface area (Å²) < 4.78 is 5.63. The van der Waals surface area contributed by atoms with E-state index in [0.29, 0.717) is 20.7 Å². The summed E-state index contributed by atoms with van der Waals surface area (Å²) in [6, 6.07) is 12.4. The van der Waals surface area contributed by atoms with Crippen molar-refractivity contribution in [2.24, 2.45) is 0 Å². The Bertz CT molecular complexity index is 924. The number of anilines is 1. The Kier molecular flexibility index (Phi) is 5.81. The quantitative estimate of drug-likeness (QED) is 0.551. The highest BCUT2D eigenvalue weighted by Gasteiger charge is 2.13. The molecule has 0 aliphatic rings. The van der Waals surface area contributed by atoms with Crippen molar-refractivity contribution >= 4 is 45.6 Å². The third-order valence-corrected chi connectivity index (χ3v) is 4.73. The summed E-state index contributed by atoms with van der Waals surface area (Å²) in [4.78, 5) is 16.8. The lowest BCUT2D eigenvalue weighted by atomic mass is 10.2. The number of nitrogens with one attached hydrogen (secondary N) is 1. The van der Waals surface area contributed by atoms with Crippen LogP contribution in [0.25, 0.3) is 11.3 Å². The fourth-order valence-corrected chi connectivity index (χ4v) is 3.49. The second kappa shape index (κ2) is 8.08. The summed E-state index contributed by atoms with van der Waals surface area (Å²) >= 11 is 13.3. The fraction of sp³-hybridized carbons (Fsp3) is 0.158. The van der Waals surface area contributed by atoms with E-state index >= 15 is 0 Å².